The molecule has 0 saturated heterocycles. The quantitative estimate of drug-likeness (QED) is 0.626. The Balaban J connectivity index is 2.58. The predicted octanol–water partition coefficient (Wildman–Crippen LogP) is 1.59. The molecule has 0 aliphatic rings. The molecule has 0 amide bonds. The molecule has 0 radical (unpaired) electrons. The molecule has 0 fully saturated rings. The van der Waals surface area contributed by atoms with Crippen molar-refractivity contribution in [1.29, 1.82) is 0 Å². The number of aryl methyl sites for hydroxylation is 1. The molecule has 1 aromatic heterocycles. The summed E-state index contributed by atoms with van der Waals surface area (Å²) in [6, 6.07) is 1.76. The van der Waals surface area contributed by atoms with Crippen LogP contribution in [0.4, 0.5) is 0 Å². The maximum Gasteiger partial charge on any atom is 0.313 e. The third-order valence-corrected chi connectivity index (χ3v) is 1.49. The molecule has 1 rings (SSSR count). The summed E-state index contributed by atoms with van der Waals surface area (Å²) in [4.78, 5) is 11.1. The highest BCUT2D eigenvalue weighted by atomic mass is 16.5. The van der Waals surface area contributed by atoms with E-state index >= 15 is 0 Å². The maximum absolute atomic E-state index is 11.1. The van der Waals surface area contributed by atoms with E-state index in [0.717, 1.165) is 0 Å². The van der Waals surface area contributed by atoms with Gasteiger partial charge in [0.15, 0.2) is 0 Å². The van der Waals surface area contributed by atoms with Crippen molar-refractivity contribution in [3.8, 4) is 5.75 Å². The summed E-state index contributed by atoms with van der Waals surface area (Å²) < 4.78 is 6.87. The first kappa shape index (κ1) is 8.84. The molecule has 0 spiro atoms. The Bertz CT molecular complexity index is 276. The normalized spacial score (nSPS) is 10.3. The minimum Gasteiger partial charge on any atom is -0.425 e. The van der Waals surface area contributed by atoms with Crippen LogP contribution in [0.5, 0.6) is 5.75 Å². The van der Waals surface area contributed by atoms with Crippen LogP contribution in [0.15, 0.2) is 18.5 Å². The first-order chi connectivity index (χ1) is 5.59. The van der Waals surface area contributed by atoms with Gasteiger partial charge in [0.1, 0.15) is 5.75 Å². The van der Waals surface area contributed by atoms with E-state index in [9.17, 15) is 4.79 Å². The maximum atomic E-state index is 11.1. The lowest BCUT2D eigenvalue weighted by molar-refractivity contribution is -0.137. The van der Waals surface area contributed by atoms with Crippen molar-refractivity contribution in [3.05, 3.63) is 18.5 Å². The Morgan fingerprint density at radius 2 is 2.25 bits per heavy atom. The van der Waals surface area contributed by atoms with Crippen molar-refractivity contribution in [2.45, 2.75) is 13.8 Å². The van der Waals surface area contributed by atoms with Crippen molar-refractivity contribution in [1.82, 2.24) is 4.57 Å². The Morgan fingerprint density at radius 3 is 2.67 bits per heavy atom. The van der Waals surface area contributed by atoms with Crippen molar-refractivity contribution in [3.63, 3.8) is 0 Å². The van der Waals surface area contributed by atoms with Crippen LogP contribution in [-0.2, 0) is 11.8 Å². The summed E-state index contributed by atoms with van der Waals surface area (Å²) in [6.45, 7) is 3.62. The molecule has 0 aliphatic carbocycles. The third-order valence-electron chi connectivity index (χ3n) is 1.49. The molecule has 1 aromatic rings. The Kier molecular flexibility index (Phi) is 2.53. The van der Waals surface area contributed by atoms with Crippen LogP contribution in [0.3, 0.4) is 0 Å². The van der Waals surface area contributed by atoms with Gasteiger partial charge in [0.05, 0.1) is 5.92 Å². The van der Waals surface area contributed by atoms with Gasteiger partial charge in [-0.3, -0.25) is 4.79 Å². The first-order valence-corrected chi connectivity index (χ1v) is 3.93. The monoisotopic (exact) mass is 167 g/mol. The third kappa shape index (κ3) is 2.12. The summed E-state index contributed by atoms with van der Waals surface area (Å²) in [5.74, 6) is 0.336. The number of carbonyl (C=O) groups is 1. The molecular weight excluding hydrogens is 154 g/mol. The van der Waals surface area contributed by atoms with Crippen molar-refractivity contribution >= 4 is 5.97 Å². The Labute approximate surface area is 72.0 Å². The average molecular weight is 167 g/mol. The molecule has 0 unspecified atom stereocenters. The van der Waals surface area contributed by atoms with E-state index in [0.29, 0.717) is 5.75 Å². The fraction of sp³-hybridized carbons (Fsp3) is 0.444. The van der Waals surface area contributed by atoms with E-state index in [-0.39, 0.29) is 11.9 Å². The molecular formula is C9H13NO2. The molecule has 12 heavy (non-hydrogen) atoms. The van der Waals surface area contributed by atoms with Crippen LogP contribution in [0.1, 0.15) is 13.8 Å². The minimum absolute atomic E-state index is 0.0785. The smallest absolute Gasteiger partial charge is 0.313 e. The van der Waals surface area contributed by atoms with Gasteiger partial charge in [-0.25, -0.2) is 0 Å². The van der Waals surface area contributed by atoms with Crippen LogP contribution in [-0.4, -0.2) is 10.5 Å². The number of hydrogen-bond acceptors (Lipinski definition) is 2. The van der Waals surface area contributed by atoms with E-state index in [1.165, 1.54) is 0 Å². The molecule has 3 heteroatoms. The lowest BCUT2D eigenvalue weighted by Gasteiger charge is -2.03. The SMILES string of the molecule is CC(C)C(=O)Oc1ccn(C)c1. The van der Waals surface area contributed by atoms with Gasteiger partial charge in [-0.05, 0) is 6.07 Å². The van der Waals surface area contributed by atoms with Crippen LogP contribution >= 0.6 is 0 Å². The molecule has 0 aromatic carbocycles. The molecule has 0 aliphatic heterocycles. The molecule has 1 heterocycles. The van der Waals surface area contributed by atoms with Gasteiger partial charge in [-0.1, -0.05) is 13.8 Å². The Morgan fingerprint density at radius 1 is 1.58 bits per heavy atom. The van der Waals surface area contributed by atoms with E-state index in [4.69, 9.17) is 4.74 Å². The highest BCUT2D eigenvalue weighted by Gasteiger charge is 2.09. The van der Waals surface area contributed by atoms with E-state index in [1.54, 1.807) is 12.3 Å². The Hall–Kier alpha value is -1.25. The summed E-state index contributed by atoms with van der Waals surface area (Å²) in [5, 5.41) is 0. The molecule has 0 atom stereocenters. The fourth-order valence-electron chi connectivity index (χ4n) is 0.772. The van der Waals surface area contributed by atoms with Crippen molar-refractivity contribution in [2.24, 2.45) is 13.0 Å². The van der Waals surface area contributed by atoms with Crippen LogP contribution in [0.2, 0.25) is 0 Å². The van der Waals surface area contributed by atoms with E-state index in [1.807, 2.05) is 31.7 Å². The first-order valence-electron chi connectivity index (χ1n) is 3.93. The second-order valence-corrected chi connectivity index (χ2v) is 3.09. The zero-order valence-corrected chi connectivity index (χ0v) is 7.57. The van der Waals surface area contributed by atoms with Crippen LogP contribution < -0.4 is 4.74 Å². The predicted molar refractivity (Wildman–Crippen MR) is 45.9 cm³/mol. The van der Waals surface area contributed by atoms with Gasteiger partial charge in [-0.2, -0.15) is 0 Å². The lowest BCUT2D eigenvalue weighted by atomic mass is 10.2. The molecule has 0 N–H and O–H groups in total. The number of ether oxygens (including phenoxy) is 1. The number of carbonyl (C=O) groups excluding carboxylic acids is 1. The van der Waals surface area contributed by atoms with E-state index < -0.39 is 0 Å². The van der Waals surface area contributed by atoms with Gasteiger partial charge < -0.3 is 9.30 Å². The van der Waals surface area contributed by atoms with Crippen LogP contribution in [0, 0.1) is 5.92 Å². The topological polar surface area (TPSA) is 31.2 Å². The number of rotatable bonds is 2. The van der Waals surface area contributed by atoms with Gasteiger partial charge >= 0.3 is 5.97 Å². The average Bonchev–Trinajstić information content (AvgIpc) is 2.35. The highest BCUT2D eigenvalue weighted by molar-refractivity contribution is 5.74. The van der Waals surface area contributed by atoms with Crippen LogP contribution in [0.25, 0.3) is 0 Å². The van der Waals surface area contributed by atoms with Gasteiger partial charge in [0.25, 0.3) is 0 Å². The second kappa shape index (κ2) is 3.43. The fourth-order valence-corrected chi connectivity index (χ4v) is 0.772. The summed E-state index contributed by atoms with van der Waals surface area (Å²) >= 11 is 0. The number of hydrogen-bond donors (Lipinski definition) is 0. The standard InChI is InChI=1S/C9H13NO2/c1-7(2)9(11)12-8-4-5-10(3)6-8/h4-7H,1-3H3. The highest BCUT2D eigenvalue weighted by Crippen LogP contribution is 2.11. The zero-order chi connectivity index (χ0) is 9.14. The molecule has 0 saturated carbocycles. The van der Waals surface area contributed by atoms with Crippen molar-refractivity contribution in [2.75, 3.05) is 0 Å². The second-order valence-electron chi connectivity index (χ2n) is 3.09. The summed E-state index contributed by atoms with van der Waals surface area (Å²) in [7, 11) is 1.88. The van der Waals surface area contributed by atoms with Gasteiger partial charge in [0.2, 0.25) is 0 Å². The largest absolute Gasteiger partial charge is 0.425 e. The number of nitrogens with zero attached hydrogens (tertiary/aromatic N) is 1. The van der Waals surface area contributed by atoms with Gasteiger partial charge in [0, 0.05) is 19.4 Å². The summed E-state index contributed by atoms with van der Waals surface area (Å²) in [6.07, 6.45) is 3.60. The molecule has 3 nitrogen and oxygen atoms in total. The molecule has 0 bridgehead atoms. The zero-order valence-electron chi connectivity index (χ0n) is 7.57. The minimum atomic E-state index is -0.193. The van der Waals surface area contributed by atoms with Crippen molar-refractivity contribution < 1.29 is 9.53 Å². The lowest BCUT2D eigenvalue weighted by Crippen LogP contribution is -2.14. The van der Waals surface area contributed by atoms with E-state index in [2.05, 4.69) is 0 Å². The number of aromatic nitrogens is 1. The molecule has 66 valence electrons. The summed E-state index contributed by atoms with van der Waals surface area (Å²) in [5.41, 5.74) is 0. The number of esters is 1. The van der Waals surface area contributed by atoms with Gasteiger partial charge in [-0.15, -0.1) is 0 Å².